The minimum atomic E-state index is 0.477. The molecule has 3 nitrogen and oxygen atoms in total. The topological polar surface area (TPSA) is 30.5 Å². The van der Waals surface area contributed by atoms with Gasteiger partial charge in [0.05, 0.1) is 13.2 Å². The normalized spacial score (nSPS) is 19.7. The third kappa shape index (κ3) is 5.01. The molecule has 0 radical (unpaired) electrons. The maximum Gasteiger partial charge on any atom is 0.122 e. The molecule has 1 heterocycles. The predicted molar refractivity (Wildman–Crippen MR) is 87.1 cm³/mol. The van der Waals surface area contributed by atoms with E-state index in [1.54, 1.807) is 7.11 Å². The number of ether oxygens (including phenoxy) is 2. The number of likely N-dealkylation sites (N-methyl/N-ethyl adjacent to an activating group) is 1. The van der Waals surface area contributed by atoms with Crippen LogP contribution in [0.25, 0.3) is 0 Å². The molecule has 0 amide bonds. The van der Waals surface area contributed by atoms with Gasteiger partial charge in [-0.3, -0.25) is 0 Å². The lowest BCUT2D eigenvalue weighted by atomic mass is 9.97. The van der Waals surface area contributed by atoms with Crippen LogP contribution in [-0.2, 0) is 11.2 Å². The number of aryl methyl sites for hydroxylation is 1. The summed E-state index contributed by atoms with van der Waals surface area (Å²) in [6.45, 7) is 6.26. The van der Waals surface area contributed by atoms with Crippen LogP contribution in [0.3, 0.4) is 0 Å². The van der Waals surface area contributed by atoms with Gasteiger partial charge >= 0.3 is 0 Å². The van der Waals surface area contributed by atoms with Gasteiger partial charge < -0.3 is 14.8 Å². The summed E-state index contributed by atoms with van der Waals surface area (Å²) in [4.78, 5) is 0. The number of benzene rings is 1. The Kier molecular flexibility index (Phi) is 6.52. The first-order chi connectivity index (χ1) is 10.2. The van der Waals surface area contributed by atoms with Crippen molar-refractivity contribution >= 4 is 0 Å². The minimum absolute atomic E-state index is 0.477. The fourth-order valence-electron chi connectivity index (χ4n) is 3.16. The van der Waals surface area contributed by atoms with Gasteiger partial charge in [0.25, 0.3) is 0 Å². The Balaban J connectivity index is 1.96. The molecule has 3 heteroatoms. The van der Waals surface area contributed by atoms with Crippen molar-refractivity contribution in [3.8, 4) is 5.75 Å². The van der Waals surface area contributed by atoms with E-state index in [0.717, 1.165) is 38.2 Å². The second-order valence-electron chi connectivity index (χ2n) is 5.99. The van der Waals surface area contributed by atoms with Crippen molar-refractivity contribution in [1.82, 2.24) is 5.32 Å². The molecular formula is C18H29NO2. The zero-order valence-electron chi connectivity index (χ0n) is 13.7. The summed E-state index contributed by atoms with van der Waals surface area (Å²) < 4.78 is 11.2. The second-order valence-corrected chi connectivity index (χ2v) is 5.99. The predicted octanol–water partition coefficient (Wildman–Crippen LogP) is 3.48. The van der Waals surface area contributed by atoms with Gasteiger partial charge in [-0.15, -0.1) is 0 Å². The fraction of sp³-hybridized carbons (Fsp3) is 0.667. The van der Waals surface area contributed by atoms with Gasteiger partial charge in [0, 0.05) is 12.6 Å². The second kappa shape index (κ2) is 8.40. The van der Waals surface area contributed by atoms with Gasteiger partial charge in [-0.1, -0.05) is 24.6 Å². The zero-order chi connectivity index (χ0) is 15.1. The molecule has 0 aliphatic carbocycles. The first-order valence-corrected chi connectivity index (χ1v) is 8.21. The third-order valence-electron chi connectivity index (χ3n) is 4.26. The molecule has 2 unspecified atom stereocenters. The van der Waals surface area contributed by atoms with E-state index in [9.17, 15) is 0 Å². The summed E-state index contributed by atoms with van der Waals surface area (Å²) in [7, 11) is 1.75. The Hall–Kier alpha value is -1.06. The highest BCUT2D eigenvalue weighted by molar-refractivity contribution is 5.37. The minimum Gasteiger partial charge on any atom is -0.496 e. The summed E-state index contributed by atoms with van der Waals surface area (Å²) in [5, 5.41) is 3.61. The average Bonchev–Trinajstić information content (AvgIpc) is 2.98. The standard InChI is InChI=1S/C18H29NO2/c1-4-19-16(8-9-17-6-5-11-21-17)13-15-12-14(2)7-10-18(15)20-3/h7,10,12,16-17,19H,4-6,8-9,11,13H2,1-3H3. The quantitative estimate of drug-likeness (QED) is 0.795. The van der Waals surface area contributed by atoms with Gasteiger partial charge in [0.15, 0.2) is 0 Å². The lowest BCUT2D eigenvalue weighted by Crippen LogP contribution is -2.32. The van der Waals surface area contributed by atoms with Gasteiger partial charge in [0.2, 0.25) is 0 Å². The molecule has 0 bridgehead atoms. The summed E-state index contributed by atoms with van der Waals surface area (Å²) in [5.41, 5.74) is 2.59. The zero-order valence-corrected chi connectivity index (χ0v) is 13.7. The third-order valence-corrected chi connectivity index (χ3v) is 4.26. The highest BCUT2D eigenvalue weighted by Crippen LogP contribution is 2.24. The first-order valence-electron chi connectivity index (χ1n) is 8.21. The number of hydrogen-bond donors (Lipinski definition) is 1. The smallest absolute Gasteiger partial charge is 0.122 e. The Morgan fingerprint density at radius 1 is 1.43 bits per heavy atom. The molecule has 21 heavy (non-hydrogen) atoms. The van der Waals surface area contributed by atoms with Crippen LogP contribution in [0.15, 0.2) is 18.2 Å². The highest BCUT2D eigenvalue weighted by Gasteiger charge is 2.18. The molecule has 1 fully saturated rings. The van der Waals surface area contributed by atoms with Crippen molar-refractivity contribution in [2.75, 3.05) is 20.3 Å². The van der Waals surface area contributed by atoms with Gasteiger partial charge in [-0.05, 0) is 57.2 Å². The van der Waals surface area contributed by atoms with E-state index >= 15 is 0 Å². The van der Waals surface area contributed by atoms with Crippen LogP contribution in [-0.4, -0.2) is 32.4 Å². The molecule has 1 aliphatic heterocycles. The molecule has 1 aromatic carbocycles. The number of nitrogens with one attached hydrogen (secondary N) is 1. The molecule has 118 valence electrons. The number of hydrogen-bond acceptors (Lipinski definition) is 3. The molecule has 0 saturated carbocycles. The Bertz CT molecular complexity index is 427. The van der Waals surface area contributed by atoms with Crippen LogP contribution >= 0.6 is 0 Å². The molecule has 0 aromatic heterocycles. The Morgan fingerprint density at radius 3 is 2.95 bits per heavy atom. The van der Waals surface area contributed by atoms with E-state index in [1.165, 1.54) is 24.0 Å². The van der Waals surface area contributed by atoms with Crippen molar-refractivity contribution in [1.29, 1.82) is 0 Å². The van der Waals surface area contributed by atoms with Crippen molar-refractivity contribution < 1.29 is 9.47 Å². The monoisotopic (exact) mass is 291 g/mol. The molecule has 1 aliphatic rings. The Morgan fingerprint density at radius 2 is 2.29 bits per heavy atom. The maximum absolute atomic E-state index is 5.74. The van der Waals surface area contributed by atoms with Crippen molar-refractivity contribution in [3.05, 3.63) is 29.3 Å². The average molecular weight is 291 g/mol. The molecule has 1 saturated heterocycles. The van der Waals surface area contributed by atoms with Crippen molar-refractivity contribution in [2.45, 2.75) is 58.1 Å². The molecule has 2 atom stereocenters. The van der Waals surface area contributed by atoms with Crippen molar-refractivity contribution in [3.63, 3.8) is 0 Å². The van der Waals surface area contributed by atoms with Crippen LogP contribution in [0.5, 0.6) is 5.75 Å². The molecule has 0 spiro atoms. The van der Waals surface area contributed by atoms with E-state index < -0.39 is 0 Å². The van der Waals surface area contributed by atoms with Crippen LogP contribution in [0.4, 0.5) is 0 Å². The lowest BCUT2D eigenvalue weighted by Gasteiger charge is -2.21. The van der Waals surface area contributed by atoms with Crippen LogP contribution in [0.1, 0.15) is 43.7 Å². The van der Waals surface area contributed by atoms with E-state index in [1.807, 2.05) is 0 Å². The van der Waals surface area contributed by atoms with Crippen LogP contribution in [0, 0.1) is 6.92 Å². The molecular weight excluding hydrogens is 262 g/mol. The van der Waals surface area contributed by atoms with Gasteiger partial charge in [-0.25, -0.2) is 0 Å². The summed E-state index contributed by atoms with van der Waals surface area (Å²) in [6, 6.07) is 6.93. The van der Waals surface area contributed by atoms with Crippen LogP contribution in [0.2, 0.25) is 0 Å². The summed E-state index contributed by atoms with van der Waals surface area (Å²) >= 11 is 0. The fourth-order valence-corrected chi connectivity index (χ4v) is 3.16. The molecule has 2 rings (SSSR count). The van der Waals surface area contributed by atoms with E-state index in [4.69, 9.17) is 9.47 Å². The Labute approximate surface area is 129 Å². The molecule has 1 N–H and O–H groups in total. The highest BCUT2D eigenvalue weighted by atomic mass is 16.5. The molecule has 1 aromatic rings. The van der Waals surface area contributed by atoms with Gasteiger partial charge in [-0.2, -0.15) is 0 Å². The maximum atomic E-state index is 5.74. The summed E-state index contributed by atoms with van der Waals surface area (Å²) in [5.74, 6) is 1.00. The van der Waals surface area contributed by atoms with E-state index in [2.05, 4.69) is 37.4 Å². The van der Waals surface area contributed by atoms with E-state index in [-0.39, 0.29) is 0 Å². The largest absolute Gasteiger partial charge is 0.496 e. The number of rotatable bonds is 8. The van der Waals surface area contributed by atoms with E-state index in [0.29, 0.717) is 12.1 Å². The summed E-state index contributed by atoms with van der Waals surface area (Å²) in [6.07, 6.45) is 6.27. The lowest BCUT2D eigenvalue weighted by molar-refractivity contribution is 0.0996. The van der Waals surface area contributed by atoms with Crippen molar-refractivity contribution in [2.24, 2.45) is 0 Å². The SMILES string of the molecule is CCNC(CCC1CCCO1)Cc1cc(C)ccc1OC. The van der Waals surface area contributed by atoms with Gasteiger partial charge in [0.1, 0.15) is 5.75 Å². The first kappa shape index (κ1) is 16.3. The number of methoxy groups -OCH3 is 1. The van der Waals surface area contributed by atoms with Crippen LogP contribution < -0.4 is 10.1 Å².